The van der Waals surface area contributed by atoms with E-state index in [-0.39, 0.29) is 0 Å². The minimum absolute atomic E-state index is 0.500. The van der Waals surface area contributed by atoms with E-state index in [2.05, 4.69) is 11.9 Å². The minimum atomic E-state index is 0.500. The van der Waals surface area contributed by atoms with Crippen LogP contribution in [0.15, 0.2) is 22.8 Å². The summed E-state index contributed by atoms with van der Waals surface area (Å²) >= 11 is 0. The maximum atomic E-state index is 5.96. The third kappa shape index (κ3) is 3.33. The second-order valence-corrected chi connectivity index (χ2v) is 5.20. The van der Waals surface area contributed by atoms with Gasteiger partial charge in [-0.05, 0) is 37.9 Å². The van der Waals surface area contributed by atoms with E-state index in [9.17, 15) is 0 Å². The third-order valence-corrected chi connectivity index (χ3v) is 3.99. The predicted molar refractivity (Wildman–Crippen MR) is 69.6 cm³/mol. The molecule has 0 saturated heterocycles. The molecule has 0 spiro atoms. The van der Waals surface area contributed by atoms with Gasteiger partial charge >= 0.3 is 0 Å². The lowest BCUT2D eigenvalue weighted by atomic mass is 9.83. The average Bonchev–Trinajstić information content (AvgIpc) is 2.84. The van der Waals surface area contributed by atoms with Gasteiger partial charge in [0.05, 0.1) is 12.8 Å². The van der Waals surface area contributed by atoms with Crippen molar-refractivity contribution in [1.29, 1.82) is 0 Å². The first kappa shape index (κ1) is 12.7. The van der Waals surface area contributed by atoms with Crippen LogP contribution < -0.4 is 5.73 Å². The van der Waals surface area contributed by atoms with Gasteiger partial charge in [0.15, 0.2) is 0 Å². The van der Waals surface area contributed by atoms with Gasteiger partial charge in [-0.2, -0.15) is 0 Å². The quantitative estimate of drug-likeness (QED) is 0.854. The van der Waals surface area contributed by atoms with Gasteiger partial charge in [0.25, 0.3) is 0 Å². The molecule has 1 saturated carbocycles. The molecule has 0 bridgehead atoms. The number of nitrogens with two attached hydrogens (primary N) is 1. The Hall–Kier alpha value is -0.800. The monoisotopic (exact) mass is 236 g/mol. The summed E-state index contributed by atoms with van der Waals surface area (Å²) in [7, 11) is 2.16. The first-order valence-electron chi connectivity index (χ1n) is 6.74. The van der Waals surface area contributed by atoms with Crippen LogP contribution in [-0.4, -0.2) is 24.5 Å². The Morgan fingerprint density at radius 3 is 2.76 bits per heavy atom. The molecule has 1 unspecified atom stereocenters. The smallest absolute Gasteiger partial charge is 0.117 e. The van der Waals surface area contributed by atoms with E-state index in [0.717, 1.165) is 24.8 Å². The molecule has 2 N–H and O–H groups in total. The molecule has 3 nitrogen and oxygen atoms in total. The highest BCUT2D eigenvalue weighted by Gasteiger charge is 2.26. The van der Waals surface area contributed by atoms with Gasteiger partial charge in [0.1, 0.15) is 5.76 Å². The first-order chi connectivity index (χ1) is 8.31. The summed E-state index contributed by atoms with van der Waals surface area (Å²) in [6, 6.07) is 4.48. The Kier molecular flexibility index (Phi) is 4.63. The van der Waals surface area contributed by atoms with Crippen LogP contribution in [0.4, 0.5) is 0 Å². The maximum absolute atomic E-state index is 5.96. The van der Waals surface area contributed by atoms with Crippen molar-refractivity contribution in [3.05, 3.63) is 24.2 Å². The van der Waals surface area contributed by atoms with E-state index in [4.69, 9.17) is 10.2 Å². The molecule has 3 heteroatoms. The number of rotatable bonds is 5. The zero-order valence-corrected chi connectivity index (χ0v) is 10.8. The number of hydrogen-bond acceptors (Lipinski definition) is 3. The van der Waals surface area contributed by atoms with Crippen molar-refractivity contribution in [3.63, 3.8) is 0 Å². The Morgan fingerprint density at radius 2 is 2.18 bits per heavy atom. The molecule has 0 aromatic carbocycles. The number of hydrogen-bond donors (Lipinski definition) is 1. The van der Waals surface area contributed by atoms with Gasteiger partial charge in [-0.15, -0.1) is 0 Å². The number of furan rings is 1. The summed E-state index contributed by atoms with van der Waals surface area (Å²) in [5.41, 5.74) is 5.96. The van der Waals surface area contributed by atoms with Crippen LogP contribution in [0.5, 0.6) is 0 Å². The van der Waals surface area contributed by atoms with E-state index < -0.39 is 0 Å². The average molecular weight is 236 g/mol. The van der Waals surface area contributed by atoms with Gasteiger partial charge in [-0.1, -0.05) is 19.3 Å². The second kappa shape index (κ2) is 6.22. The van der Waals surface area contributed by atoms with Crippen molar-refractivity contribution in [2.75, 3.05) is 13.6 Å². The summed E-state index contributed by atoms with van der Waals surface area (Å²) in [6.07, 6.45) is 8.55. The standard InChI is InChI=1S/C14H24N2O/c1-16(11-13-8-5-9-17-13)14(10-15)12-6-3-2-4-7-12/h5,8-9,12,14H,2-4,6-7,10-11,15H2,1H3. The molecule has 1 atom stereocenters. The normalized spacial score (nSPS) is 19.7. The summed E-state index contributed by atoms with van der Waals surface area (Å²) in [6.45, 7) is 1.62. The lowest BCUT2D eigenvalue weighted by Gasteiger charge is -2.35. The van der Waals surface area contributed by atoms with Crippen molar-refractivity contribution in [3.8, 4) is 0 Å². The van der Waals surface area contributed by atoms with Crippen molar-refractivity contribution in [2.24, 2.45) is 11.7 Å². The summed E-state index contributed by atoms with van der Waals surface area (Å²) in [4.78, 5) is 2.36. The Bertz CT molecular complexity index is 304. The first-order valence-corrected chi connectivity index (χ1v) is 6.74. The molecule has 2 rings (SSSR count). The topological polar surface area (TPSA) is 42.4 Å². The highest BCUT2D eigenvalue weighted by atomic mass is 16.3. The SMILES string of the molecule is CN(Cc1ccco1)C(CN)C1CCCCC1. The second-order valence-electron chi connectivity index (χ2n) is 5.20. The predicted octanol–water partition coefficient (Wildman–Crippen LogP) is 2.62. The number of nitrogens with zero attached hydrogens (tertiary/aromatic N) is 1. The van der Waals surface area contributed by atoms with Gasteiger partial charge < -0.3 is 10.2 Å². The van der Waals surface area contributed by atoms with Crippen molar-refractivity contribution < 1.29 is 4.42 Å². The van der Waals surface area contributed by atoms with Crippen molar-refractivity contribution in [2.45, 2.75) is 44.7 Å². The van der Waals surface area contributed by atoms with Gasteiger partial charge in [0.2, 0.25) is 0 Å². The van der Waals surface area contributed by atoms with Crippen LogP contribution in [0.3, 0.4) is 0 Å². The molecule has 17 heavy (non-hydrogen) atoms. The van der Waals surface area contributed by atoms with Crippen LogP contribution in [0.1, 0.15) is 37.9 Å². The van der Waals surface area contributed by atoms with Crippen LogP contribution in [0.2, 0.25) is 0 Å². The summed E-state index contributed by atoms with van der Waals surface area (Å²) < 4.78 is 5.40. The molecule has 1 aliphatic rings. The van der Waals surface area contributed by atoms with Crippen molar-refractivity contribution in [1.82, 2.24) is 4.90 Å². The fourth-order valence-electron chi connectivity index (χ4n) is 3.02. The van der Waals surface area contributed by atoms with Gasteiger partial charge in [0, 0.05) is 12.6 Å². The Morgan fingerprint density at radius 1 is 1.41 bits per heavy atom. The molecular formula is C14H24N2O. The zero-order valence-electron chi connectivity index (χ0n) is 10.8. The van der Waals surface area contributed by atoms with E-state index >= 15 is 0 Å². The van der Waals surface area contributed by atoms with Gasteiger partial charge in [-0.3, -0.25) is 4.90 Å². The van der Waals surface area contributed by atoms with Crippen LogP contribution in [-0.2, 0) is 6.54 Å². The molecule has 0 amide bonds. The van der Waals surface area contributed by atoms with Crippen LogP contribution in [0, 0.1) is 5.92 Å². The van der Waals surface area contributed by atoms with Crippen LogP contribution >= 0.6 is 0 Å². The summed E-state index contributed by atoms with van der Waals surface area (Å²) in [5, 5.41) is 0. The largest absolute Gasteiger partial charge is 0.468 e. The summed E-state index contributed by atoms with van der Waals surface area (Å²) in [5.74, 6) is 1.80. The van der Waals surface area contributed by atoms with Crippen molar-refractivity contribution >= 4 is 0 Å². The van der Waals surface area contributed by atoms with E-state index in [1.165, 1.54) is 32.1 Å². The molecule has 1 heterocycles. The molecule has 0 aliphatic heterocycles. The lowest BCUT2D eigenvalue weighted by Crippen LogP contribution is -2.43. The molecule has 1 aromatic rings. The fraction of sp³-hybridized carbons (Fsp3) is 0.714. The van der Waals surface area contributed by atoms with E-state index in [1.807, 2.05) is 12.1 Å². The minimum Gasteiger partial charge on any atom is -0.468 e. The zero-order chi connectivity index (χ0) is 12.1. The number of likely N-dealkylation sites (N-methyl/N-ethyl adjacent to an activating group) is 1. The molecule has 96 valence electrons. The van der Waals surface area contributed by atoms with E-state index in [1.54, 1.807) is 6.26 Å². The highest BCUT2D eigenvalue weighted by Crippen LogP contribution is 2.28. The molecule has 1 aromatic heterocycles. The highest BCUT2D eigenvalue weighted by molar-refractivity contribution is 4.98. The molecular weight excluding hydrogens is 212 g/mol. The Balaban J connectivity index is 1.92. The fourth-order valence-corrected chi connectivity index (χ4v) is 3.02. The lowest BCUT2D eigenvalue weighted by molar-refractivity contribution is 0.135. The molecule has 1 aliphatic carbocycles. The molecule has 0 radical (unpaired) electrons. The third-order valence-electron chi connectivity index (χ3n) is 3.99. The maximum Gasteiger partial charge on any atom is 0.117 e. The van der Waals surface area contributed by atoms with Crippen LogP contribution in [0.25, 0.3) is 0 Å². The van der Waals surface area contributed by atoms with E-state index in [0.29, 0.717) is 6.04 Å². The molecule has 1 fully saturated rings. The Labute approximate surface area is 104 Å². The van der Waals surface area contributed by atoms with Gasteiger partial charge in [-0.25, -0.2) is 0 Å².